The summed E-state index contributed by atoms with van der Waals surface area (Å²) in [5.41, 5.74) is 7.33. The summed E-state index contributed by atoms with van der Waals surface area (Å²) in [5, 5.41) is 0.00863. The Balaban J connectivity index is 2.44. The monoisotopic (exact) mass is 268 g/mol. The lowest BCUT2D eigenvalue weighted by atomic mass is 10.2. The lowest BCUT2D eigenvalue weighted by Gasteiger charge is -2.21. The van der Waals surface area contributed by atoms with Gasteiger partial charge in [-0.3, -0.25) is 0 Å². The van der Waals surface area contributed by atoms with E-state index in [0.29, 0.717) is 17.1 Å². The third-order valence-electron chi connectivity index (χ3n) is 2.64. The van der Waals surface area contributed by atoms with Gasteiger partial charge in [0, 0.05) is 12.7 Å². The summed E-state index contributed by atoms with van der Waals surface area (Å²) in [6, 6.07) is 8.33. The van der Waals surface area contributed by atoms with Crippen LogP contribution in [0, 0.1) is 11.6 Å². The molecule has 0 aliphatic heterocycles. The first kappa shape index (κ1) is 12.6. The summed E-state index contributed by atoms with van der Waals surface area (Å²) in [6.07, 6.45) is 0. The maximum Gasteiger partial charge on any atom is 0.141 e. The van der Waals surface area contributed by atoms with Gasteiger partial charge in [-0.25, -0.2) is 8.78 Å². The van der Waals surface area contributed by atoms with E-state index in [1.54, 1.807) is 18.0 Å². The van der Waals surface area contributed by atoms with Gasteiger partial charge < -0.3 is 10.6 Å². The average molecular weight is 269 g/mol. The van der Waals surface area contributed by atoms with Gasteiger partial charge in [0.15, 0.2) is 0 Å². The minimum atomic E-state index is -0.499. The first-order chi connectivity index (χ1) is 8.49. The van der Waals surface area contributed by atoms with Crippen molar-refractivity contribution in [3.05, 3.63) is 53.1 Å². The van der Waals surface area contributed by atoms with Gasteiger partial charge in [0.05, 0.1) is 16.4 Å². The van der Waals surface area contributed by atoms with E-state index in [9.17, 15) is 8.78 Å². The van der Waals surface area contributed by atoms with Gasteiger partial charge in [-0.2, -0.15) is 0 Å². The zero-order valence-corrected chi connectivity index (χ0v) is 10.4. The Labute approximate surface area is 109 Å². The van der Waals surface area contributed by atoms with Crippen molar-refractivity contribution in [2.24, 2.45) is 0 Å². The van der Waals surface area contributed by atoms with Crippen molar-refractivity contribution < 1.29 is 8.78 Å². The van der Waals surface area contributed by atoms with Crippen LogP contribution in [0.25, 0.3) is 0 Å². The van der Waals surface area contributed by atoms with Gasteiger partial charge in [0.2, 0.25) is 0 Å². The van der Waals surface area contributed by atoms with Crippen LogP contribution in [0.4, 0.5) is 25.8 Å². The first-order valence-corrected chi connectivity index (χ1v) is 5.60. The van der Waals surface area contributed by atoms with E-state index in [1.165, 1.54) is 30.3 Å². The Hall–Kier alpha value is -1.81. The number of halogens is 3. The molecule has 2 aromatic carbocycles. The zero-order chi connectivity index (χ0) is 13.3. The normalized spacial score (nSPS) is 10.4. The lowest BCUT2D eigenvalue weighted by molar-refractivity contribution is 0.627. The number of rotatable bonds is 2. The summed E-state index contributed by atoms with van der Waals surface area (Å²) >= 11 is 5.71. The fraction of sp³-hybridized carbons (Fsp3) is 0.0769. The van der Waals surface area contributed by atoms with E-state index < -0.39 is 5.82 Å². The Morgan fingerprint density at radius 3 is 2.50 bits per heavy atom. The topological polar surface area (TPSA) is 29.3 Å². The van der Waals surface area contributed by atoms with Crippen LogP contribution < -0.4 is 10.6 Å². The minimum absolute atomic E-state index is 0.00863. The molecule has 0 radical (unpaired) electrons. The van der Waals surface area contributed by atoms with Crippen LogP contribution in [0.1, 0.15) is 0 Å². The molecule has 2 nitrogen and oxygen atoms in total. The predicted octanol–water partition coefficient (Wildman–Crippen LogP) is 3.97. The molecule has 0 saturated carbocycles. The number of anilines is 3. The highest BCUT2D eigenvalue weighted by Gasteiger charge is 2.10. The van der Waals surface area contributed by atoms with Crippen molar-refractivity contribution in [3.8, 4) is 0 Å². The van der Waals surface area contributed by atoms with E-state index in [-0.39, 0.29) is 10.8 Å². The van der Waals surface area contributed by atoms with E-state index in [0.717, 1.165) is 0 Å². The highest BCUT2D eigenvalue weighted by atomic mass is 35.5. The van der Waals surface area contributed by atoms with Crippen molar-refractivity contribution in [1.29, 1.82) is 0 Å². The fourth-order valence-electron chi connectivity index (χ4n) is 1.64. The standard InChI is InChI=1S/C13H11ClF2N2/c1-18(9-3-4-11(16)10(14)7-9)13-6-8(15)2-5-12(13)17/h2-7H,17H2,1H3. The summed E-state index contributed by atoms with van der Waals surface area (Å²) in [4.78, 5) is 1.64. The van der Waals surface area contributed by atoms with Crippen LogP contribution in [-0.4, -0.2) is 7.05 Å². The summed E-state index contributed by atoms with van der Waals surface area (Å²) in [6.45, 7) is 0. The molecule has 2 rings (SSSR count). The second kappa shape index (κ2) is 4.82. The average Bonchev–Trinajstić information content (AvgIpc) is 2.35. The highest BCUT2D eigenvalue weighted by molar-refractivity contribution is 6.31. The number of benzene rings is 2. The smallest absolute Gasteiger partial charge is 0.141 e. The molecule has 0 aliphatic carbocycles. The van der Waals surface area contributed by atoms with Crippen molar-refractivity contribution in [2.45, 2.75) is 0 Å². The highest BCUT2D eigenvalue weighted by Crippen LogP contribution is 2.31. The van der Waals surface area contributed by atoms with Crippen LogP contribution in [0.5, 0.6) is 0 Å². The Kier molecular flexibility index (Phi) is 3.39. The second-order valence-electron chi connectivity index (χ2n) is 3.86. The van der Waals surface area contributed by atoms with Crippen LogP contribution in [-0.2, 0) is 0 Å². The number of hydrogen-bond donors (Lipinski definition) is 1. The van der Waals surface area contributed by atoms with Gasteiger partial charge in [-0.1, -0.05) is 11.6 Å². The predicted molar refractivity (Wildman–Crippen MR) is 70.3 cm³/mol. The van der Waals surface area contributed by atoms with Gasteiger partial charge >= 0.3 is 0 Å². The molecule has 0 aliphatic rings. The van der Waals surface area contributed by atoms with Crippen molar-refractivity contribution in [1.82, 2.24) is 0 Å². The zero-order valence-electron chi connectivity index (χ0n) is 9.62. The van der Waals surface area contributed by atoms with Gasteiger partial charge in [-0.05, 0) is 36.4 Å². The maximum atomic E-state index is 13.2. The van der Waals surface area contributed by atoms with Gasteiger partial charge in [0.25, 0.3) is 0 Å². The number of nitrogens with zero attached hydrogens (tertiary/aromatic N) is 1. The molecular weight excluding hydrogens is 258 g/mol. The third-order valence-corrected chi connectivity index (χ3v) is 2.93. The second-order valence-corrected chi connectivity index (χ2v) is 4.27. The molecule has 0 atom stereocenters. The molecule has 5 heteroatoms. The van der Waals surface area contributed by atoms with Crippen molar-refractivity contribution in [2.75, 3.05) is 17.7 Å². The molecule has 94 valence electrons. The van der Waals surface area contributed by atoms with E-state index in [2.05, 4.69) is 0 Å². The van der Waals surface area contributed by atoms with Crippen LogP contribution in [0.15, 0.2) is 36.4 Å². The van der Waals surface area contributed by atoms with E-state index in [4.69, 9.17) is 17.3 Å². The third kappa shape index (κ3) is 2.38. The molecule has 0 saturated heterocycles. The minimum Gasteiger partial charge on any atom is -0.397 e. The molecule has 0 unspecified atom stereocenters. The van der Waals surface area contributed by atoms with Crippen molar-refractivity contribution in [3.63, 3.8) is 0 Å². The SMILES string of the molecule is CN(c1ccc(F)c(Cl)c1)c1cc(F)ccc1N. The molecule has 0 aromatic heterocycles. The fourth-order valence-corrected chi connectivity index (χ4v) is 1.81. The molecular formula is C13H11ClF2N2. The van der Waals surface area contributed by atoms with Crippen LogP contribution in [0.3, 0.4) is 0 Å². The molecule has 0 fully saturated rings. The van der Waals surface area contributed by atoms with Crippen molar-refractivity contribution >= 4 is 28.7 Å². The van der Waals surface area contributed by atoms with Gasteiger partial charge in [-0.15, -0.1) is 0 Å². The first-order valence-electron chi connectivity index (χ1n) is 5.23. The molecule has 0 spiro atoms. The number of nitrogen functional groups attached to an aromatic ring is 1. The molecule has 2 N–H and O–H groups in total. The molecule has 0 heterocycles. The Morgan fingerprint density at radius 2 is 1.83 bits per heavy atom. The molecule has 0 bridgehead atoms. The van der Waals surface area contributed by atoms with Crippen LogP contribution in [0.2, 0.25) is 5.02 Å². The van der Waals surface area contributed by atoms with Crippen LogP contribution >= 0.6 is 11.6 Å². The molecule has 2 aromatic rings. The van der Waals surface area contributed by atoms with Gasteiger partial charge in [0.1, 0.15) is 11.6 Å². The Bertz CT molecular complexity index is 587. The lowest BCUT2D eigenvalue weighted by Crippen LogP contribution is -2.12. The largest absolute Gasteiger partial charge is 0.397 e. The summed E-state index contributed by atoms with van der Waals surface area (Å²) in [5.74, 6) is -0.889. The Morgan fingerprint density at radius 1 is 1.11 bits per heavy atom. The quantitative estimate of drug-likeness (QED) is 0.835. The molecule has 0 amide bonds. The van der Waals surface area contributed by atoms with E-state index >= 15 is 0 Å². The van der Waals surface area contributed by atoms with E-state index in [1.807, 2.05) is 0 Å². The maximum absolute atomic E-state index is 13.2. The number of nitrogens with two attached hydrogens (primary N) is 1. The number of hydrogen-bond acceptors (Lipinski definition) is 2. The summed E-state index contributed by atoms with van der Waals surface area (Å²) < 4.78 is 26.3. The molecule has 18 heavy (non-hydrogen) atoms. The summed E-state index contributed by atoms with van der Waals surface area (Å²) in [7, 11) is 1.70.